The summed E-state index contributed by atoms with van der Waals surface area (Å²) in [7, 11) is 2.07. The largest absolute Gasteiger partial charge is 0.490 e. The molecule has 0 aromatic heterocycles. The first-order chi connectivity index (χ1) is 9.74. The van der Waals surface area contributed by atoms with Gasteiger partial charge in [-0.3, -0.25) is 0 Å². The maximum absolute atomic E-state index is 5.78. The highest BCUT2D eigenvalue weighted by atomic mass is 16.5. The van der Waals surface area contributed by atoms with Crippen LogP contribution in [0.2, 0.25) is 0 Å². The Morgan fingerprint density at radius 2 is 2.05 bits per heavy atom. The van der Waals surface area contributed by atoms with E-state index in [1.54, 1.807) is 0 Å². The van der Waals surface area contributed by atoms with Gasteiger partial charge < -0.3 is 10.1 Å². The second-order valence-electron chi connectivity index (χ2n) is 6.04. The molecule has 1 aliphatic heterocycles. The van der Waals surface area contributed by atoms with Gasteiger partial charge in [-0.05, 0) is 37.6 Å². The average molecular weight is 275 g/mol. The van der Waals surface area contributed by atoms with Crippen LogP contribution in [0.15, 0.2) is 18.2 Å². The van der Waals surface area contributed by atoms with Gasteiger partial charge in [-0.15, -0.1) is 0 Å². The van der Waals surface area contributed by atoms with Crippen molar-refractivity contribution in [1.29, 1.82) is 0 Å². The van der Waals surface area contributed by atoms with Crippen molar-refractivity contribution in [3.8, 4) is 5.75 Å². The molecule has 112 valence electrons. The highest BCUT2D eigenvalue weighted by molar-refractivity contribution is 5.41. The minimum atomic E-state index is 0.335. The number of hydrogen-bond donors (Lipinski definition) is 1. The Kier molecular flexibility index (Phi) is 5.90. The average Bonchev–Trinajstić information content (AvgIpc) is 2.82. The molecule has 1 aliphatic rings. The van der Waals surface area contributed by atoms with Gasteiger partial charge in [0.2, 0.25) is 0 Å². The summed E-state index contributed by atoms with van der Waals surface area (Å²) in [6, 6.07) is 7.20. The molecule has 2 rings (SSSR count). The molecule has 1 aromatic rings. The number of nitrogens with one attached hydrogen (secondary N) is 1. The highest BCUT2D eigenvalue weighted by Gasteiger charge is 2.20. The van der Waals surface area contributed by atoms with E-state index in [0.29, 0.717) is 12.1 Å². The van der Waals surface area contributed by atoms with Crippen LogP contribution in [0.1, 0.15) is 69.5 Å². The van der Waals surface area contributed by atoms with Gasteiger partial charge in [0.25, 0.3) is 0 Å². The van der Waals surface area contributed by atoms with E-state index < -0.39 is 0 Å². The van der Waals surface area contributed by atoms with Crippen LogP contribution in [0.3, 0.4) is 0 Å². The molecule has 1 N–H and O–H groups in total. The Morgan fingerprint density at radius 1 is 1.25 bits per heavy atom. The van der Waals surface area contributed by atoms with Crippen molar-refractivity contribution in [2.45, 2.75) is 70.9 Å². The topological polar surface area (TPSA) is 21.3 Å². The quantitative estimate of drug-likeness (QED) is 0.698. The van der Waals surface area contributed by atoms with Crippen LogP contribution in [0.25, 0.3) is 0 Å². The Labute approximate surface area is 123 Å². The molecule has 0 bridgehead atoms. The van der Waals surface area contributed by atoms with E-state index in [4.69, 9.17) is 4.74 Å². The molecule has 0 saturated carbocycles. The lowest BCUT2D eigenvalue weighted by Crippen LogP contribution is -2.16. The van der Waals surface area contributed by atoms with Crippen molar-refractivity contribution in [2.24, 2.45) is 0 Å². The molecule has 2 nitrogen and oxygen atoms in total. The van der Waals surface area contributed by atoms with E-state index in [1.807, 2.05) is 0 Å². The van der Waals surface area contributed by atoms with Gasteiger partial charge in [0.1, 0.15) is 11.9 Å². The molecule has 0 amide bonds. The molecule has 0 radical (unpaired) electrons. The second kappa shape index (κ2) is 7.68. The smallest absolute Gasteiger partial charge is 0.123 e. The van der Waals surface area contributed by atoms with Gasteiger partial charge in [0, 0.05) is 12.5 Å². The van der Waals surface area contributed by atoms with Gasteiger partial charge in [-0.1, -0.05) is 51.2 Å². The van der Waals surface area contributed by atoms with Crippen molar-refractivity contribution in [1.82, 2.24) is 5.32 Å². The van der Waals surface area contributed by atoms with E-state index in [0.717, 1.165) is 12.2 Å². The summed E-state index contributed by atoms with van der Waals surface area (Å²) in [6.45, 7) is 4.41. The fraction of sp³-hybridized carbons (Fsp3) is 0.667. The van der Waals surface area contributed by atoms with Crippen LogP contribution in [0, 0.1) is 0 Å². The number of fused-ring (bicyclic) bond motifs is 1. The summed E-state index contributed by atoms with van der Waals surface area (Å²) in [5, 5.41) is 3.47. The fourth-order valence-corrected chi connectivity index (χ4v) is 3.09. The van der Waals surface area contributed by atoms with Crippen LogP contribution in [-0.4, -0.2) is 13.2 Å². The van der Waals surface area contributed by atoms with Crippen LogP contribution in [0.4, 0.5) is 0 Å². The number of hydrogen-bond acceptors (Lipinski definition) is 2. The molecule has 0 saturated heterocycles. The molecule has 0 spiro atoms. The summed E-state index contributed by atoms with van der Waals surface area (Å²) < 4.78 is 5.78. The fourth-order valence-electron chi connectivity index (χ4n) is 3.09. The van der Waals surface area contributed by atoms with Crippen molar-refractivity contribution in [3.05, 3.63) is 29.3 Å². The summed E-state index contributed by atoms with van der Waals surface area (Å²) >= 11 is 0. The summed E-state index contributed by atoms with van der Waals surface area (Å²) in [4.78, 5) is 0. The van der Waals surface area contributed by atoms with E-state index in [2.05, 4.69) is 44.4 Å². The van der Waals surface area contributed by atoms with Crippen molar-refractivity contribution >= 4 is 0 Å². The standard InChI is InChI=1S/C18H29NO/c1-4-5-6-7-8-9-17(19-3)15-10-11-18-16(13-15)12-14(2)20-18/h10-11,13-14,17,19H,4-9,12H2,1-3H3. The first-order valence-electron chi connectivity index (χ1n) is 8.21. The molecule has 0 fully saturated rings. The third-order valence-electron chi connectivity index (χ3n) is 4.27. The maximum atomic E-state index is 5.78. The number of unbranched alkanes of at least 4 members (excludes halogenated alkanes) is 4. The maximum Gasteiger partial charge on any atom is 0.123 e. The Balaban J connectivity index is 1.89. The summed E-state index contributed by atoms with van der Waals surface area (Å²) in [5.74, 6) is 1.08. The summed E-state index contributed by atoms with van der Waals surface area (Å²) in [6.07, 6.45) is 9.36. The minimum Gasteiger partial charge on any atom is -0.490 e. The summed E-state index contributed by atoms with van der Waals surface area (Å²) in [5.41, 5.74) is 2.79. The van der Waals surface area contributed by atoms with E-state index >= 15 is 0 Å². The Morgan fingerprint density at radius 3 is 2.80 bits per heavy atom. The van der Waals surface area contributed by atoms with Gasteiger partial charge in [-0.2, -0.15) is 0 Å². The molecule has 20 heavy (non-hydrogen) atoms. The number of benzene rings is 1. The first-order valence-corrected chi connectivity index (χ1v) is 8.21. The van der Waals surface area contributed by atoms with Crippen LogP contribution < -0.4 is 10.1 Å². The Hall–Kier alpha value is -1.02. The second-order valence-corrected chi connectivity index (χ2v) is 6.04. The lowest BCUT2D eigenvalue weighted by Gasteiger charge is -2.17. The molecular weight excluding hydrogens is 246 g/mol. The minimum absolute atomic E-state index is 0.335. The molecule has 1 heterocycles. The van der Waals surface area contributed by atoms with Crippen molar-refractivity contribution < 1.29 is 4.74 Å². The highest BCUT2D eigenvalue weighted by Crippen LogP contribution is 2.32. The molecule has 2 unspecified atom stereocenters. The normalized spacial score (nSPS) is 18.6. The predicted molar refractivity (Wildman–Crippen MR) is 85.4 cm³/mol. The molecule has 2 heteroatoms. The van der Waals surface area contributed by atoms with Gasteiger partial charge in [-0.25, -0.2) is 0 Å². The third kappa shape index (κ3) is 3.99. The molecule has 0 aliphatic carbocycles. The lowest BCUT2D eigenvalue weighted by molar-refractivity contribution is 0.254. The SMILES string of the molecule is CCCCCCCC(NC)c1ccc2c(c1)CC(C)O2. The van der Waals surface area contributed by atoms with Gasteiger partial charge in [0.05, 0.1) is 0 Å². The van der Waals surface area contributed by atoms with Crippen molar-refractivity contribution in [3.63, 3.8) is 0 Å². The van der Waals surface area contributed by atoms with Gasteiger partial charge >= 0.3 is 0 Å². The number of ether oxygens (including phenoxy) is 1. The number of rotatable bonds is 8. The zero-order valence-corrected chi connectivity index (χ0v) is 13.2. The third-order valence-corrected chi connectivity index (χ3v) is 4.27. The van der Waals surface area contributed by atoms with Crippen LogP contribution in [-0.2, 0) is 6.42 Å². The van der Waals surface area contributed by atoms with E-state index in [9.17, 15) is 0 Å². The molecule has 1 aromatic carbocycles. The predicted octanol–water partition coefficient (Wildman–Crippen LogP) is 4.63. The zero-order chi connectivity index (χ0) is 14.4. The zero-order valence-electron chi connectivity index (χ0n) is 13.2. The van der Waals surface area contributed by atoms with E-state index in [1.165, 1.54) is 49.7 Å². The van der Waals surface area contributed by atoms with Crippen LogP contribution >= 0.6 is 0 Å². The lowest BCUT2D eigenvalue weighted by atomic mass is 9.97. The molecule has 2 atom stereocenters. The van der Waals surface area contributed by atoms with Crippen LogP contribution in [0.5, 0.6) is 5.75 Å². The van der Waals surface area contributed by atoms with Gasteiger partial charge in [0.15, 0.2) is 0 Å². The Bertz CT molecular complexity index is 416. The van der Waals surface area contributed by atoms with Crippen molar-refractivity contribution in [2.75, 3.05) is 7.05 Å². The van der Waals surface area contributed by atoms with E-state index in [-0.39, 0.29) is 0 Å². The first kappa shape index (κ1) is 15.4. The monoisotopic (exact) mass is 275 g/mol. The molecular formula is C18H29NO.